The van der Waals surface area contributed by atoms with Gasteiger partial charge in [-0.15, -0.1) is 4.98 Å². The Labute approximate surface area is 144 Å². The summed E-state index contributed by atoms with van der Waals surface area (Å²) in [5.74, 6) is -0.188. The average molecular weight is 377 g/mol. The van der Waals surface area contributed by atoms with Gasteiger partial charge in [0.1, 0.15) is 5.69 Å². The number of H-pyrrole nitrogens is 1. The number of hydrogen-bond acceptors (Lipinski definition) is 3. The van der Waals surface area contributed by atoms with Gasteiger partial charge < -0.3 is 10.5 Å². The Morgan fingerprint density at radius 1 is 1.44 bits per heavy atom. The summed E-state index contributed by atoms with van der Waals surface area (Å²) >= 11 is 5.87. The number of halogens is 4. The lowest BCUT2D eigenvalue weighted by molar-refractivity contribution is -0.365. The molecule has 7 nitrogen and oxygen atoms in total. The first-order valence-corrected chi connectivity index (χ1v) is 7.19. The maximum atomic E-state index is 12.8. The molecule has 0 bridgehead atoms. The predicted molar refractivity (Wildman–Crippen MR) is 85.5 cm³/mol. The van der Waals surface area contributed by atoms with Crippen LogP contribution >= 0.6 is 11.6 Å². The van der Waals surface area contributed by atoms with Gasteiger partial charge in [0, 0.05) is 13.2 Å². The Bertz CT molecular complexity index is 851. The highest BCUT2D eigenvalue weighted by atomic mass is 35.5. The molecular weight excluding hydrogens is 363 g/mol. The quantitative estimate of drug-likeness (QED) is 0.465. The normalized spacial score (nSPS) is 12.3. The van der Waals surface area contributed by atoms with E-state index < -0.39 is 17.3 Å². The molecule has 0 spiro atoms. The van der Waals surface area contributed by atoms with Gasteiger partial charge in [-0.2, -0.15) is 13.2 Å². The molecule has 11 heteroatoms. The molecule has 0 saturated heterocycles. The molecule has 1 aromatic heterocycles. The van der Waals surface area contributed by atoms with Crippen LogP contribution in [0, 0.1) is 0 Å². The Kier molecular flexibility index (Phi) is 5.65. The number of nitrogens with two attached hydrogens (primary N) is 1. The number of guanidine groups is 1. The smallest absolute Gasteiger partial charge is 0.377 e. The van der Waals surface area contributed by atoms with Gasteiger partial charge >= 0.3 is 12.1 Å². The molecule has 0 aliphatic heterocycles. The van der Waals surface area contributed by atoms with Gasteiger partial charge in [0.25, 0.3) is 11.5 Å². The summed E-state index contributed by atoms with van der Waals surface area (Å²) in [7, 11) is 1.44. The predicted octanol–water partition coefficient (Wildman–Crippen LogP) is 0.727. The van der Waals surface area contributed by atoms with Crippen molar-refractivity contribution in [2.24, 2.45) is 5.73 Å². The van der Waals surface area contributed by atoms with Gasteiger partial charge in [-0.25, -0.2) is 9.98 Å². The van der Waals surface area contributed by atoms with Crippen molar-refractivity contribution in [2.75, 3.05) is 12.4 Å². The molecule has 5 N–H and O–H groups in total. The number of rotatable bonds is 4. The zero-order valence-corrected chi connectivity index (χ0v) is 13.6. The molecule has 0 unspecified atom stereocenters. The highest BCUT2D eigenvalue weighted by molar-refractivity contribution is 6.33. The third-order valence-electron chi connectivity index (χ3n) is 2.90. The van der Waals surface area contributed by atoms with E-state index in [0.29, 0.717) is 5.69 Å². The molecule has 0 atom stereocenters. The summed E-state index contributed by atoms with van der Waals surface area (Å²) in [5.41, 5.74) is 4.65. The standard InChI is InChI=1S/C14H13ClF3N5O2/c1-25-6-8-5-11(24)22-13(20-8)23-12(19)21-10-4-7(14(16,17)18)2-3-9(10)15/h2-5H,6H2,1H3,(H4,19,20,21,22,23,24)/p+1. The number of methoxy groups -OCH3 is 1. The van der Waals surface area contributed by atoms with Gasteiger partial charge in [-0.3, -0.25) is 10.1 Å². The van der Waals surface area contributed by atoms with Crippen LogP contribution in [0.1, 0.15) is 11.3 Å². The van der Waals surface area contributed by atoms with E-state index in [4.69, 9.17) is 22.1 Å². The van der Waals surface area contributed by atoms with Crippen molar-refractivity contribution in [1.82, 2.24) is 9.97 Å². The van der Waals surface area contributed by atoms with E-state index in [0.717, 1.165) is 18.2 Å². The number of aromatic nitrogens is 2. The van der Waals surface area contributed by atoms with E-state index in [1.54, 1.807) is 0 Å². The summed E-state index contributed by atoms with van der Waals surface area (Å²) in [6, 6.07) is 4.00. The van der Waals surface area contributed by atoms with Crippen molar-refractivity contribution in [2.45, 2.75) is 12.8 Å². The number of hydrogen-bond donors (Lipinski definition) is 4. The lowest BCUT2D eigenvalue weighted by atomic mass is 10.2. The van der Waals surface area contributed by atoms with Gasteiger partial charge in [0.15, 0.2) is 0 Å². The third-order valence-corrected chi connectivity index (χ3v) is 3.23. The topological polar surface area (TPSA) is 107 Å². The summed E-state index contributed by atoms with van der Waals surface area (Å²) in [6.07, 6.45) is -4.52. The zero-order chi connectivity index (χ0) is 18.6. The van der Waals surface area contributed by atoms with Crippen molar-refractivity contribution in [1.29, 1.82) is 0 Å². The van der Waals surface area contributed by atoms with Gasteiger partial charge in [0.2, 0.25) is 0 Å². The number of benzene rings is 1. The Hall–Kier alpha value is -2.59. The SMILES string of the molecule is COCc1cc(=O)[nH]c([NH+]=C(N)Nc2cc(C(F)(F)F)ccc2Cl)n1. The molecule has 0 saturated carbocycles. The van der Waals surface area contributed by atoms with E-state index in [1.807, 2.05) is 0 Å². The molecule has 134 valence electrons. The molecule has 1 heterocycles. The minimum Gasteiger partial charge on any atom is -0.377 e. The van der Waals surface area contributed by atoms with E-state index in [-0.39, 0.29) is 29.2 Å². The summed E-state index contributed by atoms with van der Waals surface area (Å²) < 4.78 is 43.2. The van der Waals surface area contributed by atoms with Crippen molar-refractivity contribution < 1.29 is 22.9 Å². The average Bonchev–Trinajstić information content (AvgIpc) is 2.48. The van der Waals surface area contributed by atoms with Crippen LogP contribution in [-0.4, -0.2) is 23.0 Å². The van der Waals surface area contributed by atoms with Crippen LogP contribution in [0.4, 0.5) is 24.8 Å². The van der Waals surface area contributed by atoms with Crippen molar-refractivity contribution in [3.63, 3.8) is 0 Å². The maximum Gasteiger partial charge on any atom is 0.416 e. The minimum absolute atomic E-state index is 0.00681. The van der Waals surface area contributed by atoms with Crippen LogP contribution in [0.25, 0.3) is 0 Å². The number of aromatic amines is 1. The number of alkyl halides is 3. The van der Waals surface area contributed by atoms with Crippen LogP contribution in [0.5, 0.6) is 0 Å². The number of nitrogens with zero attached hydrogens (tertiary/aromatic N) is 1. The highest BCUT2D eigenvalue weighted by Gasteiger charge is 2.31. The molecule has 0 amide bonds. The van der Waals surface area contributed by atoms with E-state index in [1.165, 1.54) is 13.2 Å². The molecule has 0 aliphatic rings. The van der Waals surface area contributed by atoms with Crippen LogP contribution in [0.2, 0.25) is 5.02 Å². The second kappa shape index (κ2) is 7.53. The molecule has 0 fully saturated rings. The Morgan fingerprint density at radius 3 is 2.80 bits per heavy atom. The molecule has 25 heavy (non-hydrogen) atoms. The van der Waals surface area contributed by atoms with Crippen LogP contribution in [-0.2, 0) is 17.5 Å². The van der Waals surface area contributed by atoms with Crippen LogP contribution in [0.15, 0.2) is 29.1 Å². The first kappa shape index (κ1) is 18.7. The summed E-state index contributed by atoms with van der Waals surface area (Å²) in [5, 5.41) is 2.53. The van der Waals surface area contributed by atoms with Gasteiger partial charge in [0.05, 0.1) is 22.9 Å². The number of ether oxygens (including phenoxy) is 1. The second-order valence-corrected chi connectivity index (χ2v) is 5.28. The lowest BCUT2D eigenvalue weighted by Gasteiger charge is -2.10. The summed E-state index contributed by atoms with van der Waals surface area (Å²) in [6.45, 7) is 0.103. The number of anilines is 1. The van der Waals surface area contributed by atoms with Crippen molar-refractivity contribution in [3.8, 4) is 0 Å². The van der Waals surface area contributed by atoms with Crippen LogP contribution < -0.4 is 21.6 Å². The summed E-state index contributed by atoms with van der Waals surface area (Å²) in [4.78, 5) is 20.5. The first-order chi connectivity index (χ1) is 11.7. The largest absolute Gasteiger partial charge is 0.416 e. The highest BCUT2D eigenvalue weighted by Crippen LogP contribution is 2.33. The monoisotopic (exact) mass is 376 g/mol. The zero-order valence-electron chi connectivity index (χ0n) is 12.9. The maximum absolute atomic E-state index is 12.8. The number of nitrogens with one attached hydrogen (secondary N) is 3. The second-order valence-electron chi connectivity index (χ2n) is 4.87. The fourth-order valence-electron chi connectivity index (χ4n) is 1.89. The van der Waals surface area contributed by atoms with Gasteiger partial charge in [-0.1, -0.05) is 11.6 Å². The molecule has 0 radical (unpaired) electrons. The van der Waals surface area contributed by atoms with Gasteiger partial charge in [-0.05, 0) is 18.2 Å². The fraction of sp³-hybridized carbons (Fsp3) is 0.214. The van der Waals surface area contributed by atoms with Crippen LogP contribution in [0.3, 0.4) is 0 Å². The molecule has 2 rings (SSSR count). The minimum atomic E-state index is -4.52. The van der Waals surface area contributed by atoms with Crippen molar-refractivity contribution in [3.05, 3.63) is 50.9 Å². The Balaban J connectivity index is 2.29. The van der Waals surface area contributed by atoms with Crippen molar-refractivity contribution >= 4 is 29.2 Å². The third kappa shape index (κ3) is 5.19. The first-order valence-electron chi connectivity index (χ1n) is 6.81. The van der Waals surface area contributed by atoms with E-state index >= 15 is 0 Å². The Morgan fingerprint density at radius 2 is 2.16 bits per heavy atom. The van der Waals surface area contributed by atoms with E-state index in [9.17, 15) is 18.0 Å². The lowest BCUT2D eigenvalue weighted by Crippen LogP contribution is -2.73. The molecule has 2 aromatic rings. The molecule has 0 aliphatic carbocycles. The molecule has 1 aromatic carbocycles. The molecular formula is C14H14ClF3N5O2+. The van der Waals surface area contributed by atoms with E-state index in [2.05, 4.69) is 20.3 Å². The fourth-order valence-corrected chi connectivity index (χ4v) is 2.06.